The van der Waals surface area contributed by atoms with Crippen LogP contribution < -0.4 is 5.32 Å². The molecule has 0 fully saturated rings. The van der Waals surface area contributed by atoms with E-state index >= 15 is 0 Å². The van der Waals surface area contributed by atoms with Gasteiger partial charge in [-0.15, -0.1) is 0 Å². The number of hydrogen-bond donors (Lipinski definition) is 1. The number of rotatable bonds is 47. The van der Waals surface area contributed by atoms with Crippen molar-refractivity contribution < 1.29 is 28.6 Å². The molecule has 0 aromatic carbocycles. The van der Waals surface area contributed by atoms with E-state index in [4.69, 9.17) is 14.2 Å². The molecule has 0 saturated heterocycles. The topological polar surface area (TPSA) is 97.4 Å². The predicted molar refractivity (Wildman–Crippen MR) is 254 cm³/mol. The molecular formula is C51H101N3O6. The standard InChI is InChI=1S/C51H101N3O6/c1-6-11-14-17-19-24-31-39-49(55)58-45-34-28-22-26-33-42-54(44-47-60-51(57)52-40-36-43-53(9-4)10-5)41-32-25-20-21-27-35-46-59-50(56)48(37-29-16-13-8-3)38-30-23-18-15-12-7-2/h48H,6-47H2,1-5H3,(H,52,57). The quantitative estimate of drug-likeness (QED) is 0.0367. The minimum atomic E-state index is -0.316. The molecule has 0 aliphatic heterocycles. The van der Waals surface area contributed by atoms with Crippen LogP contribution in [-0.2, 0) is 23.8 Å². The minimum absolute atomic E-state index is 0.0360. The highest BCUT2D eigenvalue weighted by atomic mass is 16.5. The molecule has 1 N–H and O–H groups in total. The summed E-state index contributed by atoms with van der Waals surface area (Å²) in [7, 11) is 0. The summed E-state index contributed by atoms with van der Waals surface area (Å²) >= 11 is 0. The molecule has 356 valence electrons. The van der Waals surface area contributed by atoms with Crippen LogP contribution in [0.3, 0.4) is 0 Å². The second-order valence-corrected chi connectivity index (χ2v) is 17.5. The van der Waals surface area contributed by atoms with Crippen molar-refractivity contribution in [2.24, 2.45) is 5.92 Å². The first-order valence-electron chi connectivity index (χ1n) is 26.1. The molecule has 9 heteroatoms. The molecule has 0 bridgehead atoms. The highest BCUT2D eigenvalue weighted by Gasteiger charge is 2.19. The molecule has 0 aliphatic rings. The Labute approximate surface area is 372 Å². The molecule has 0 radical (unpaired) electrons. The summed E-state index contributed by atoms with van der Waals surface area (Å²) in [5.41, 5.74) is 0. The van der Waals surface area contributed by atoms with Crippen molar-refractivity contribution in [2.45, 2.75) is 240 Å². The van der Waals surface area contributed by atoms with Crippen molar-refractivity contribution >= 4 is 18.0 Å². The molecule has 1 atom stereocenters. The van der Waals surface area contributed by atoms with Gasteiger partial charge in [0.2, 0.25) is 0 Å². The largest absolute Gasteiger partial charge is 0.466 e. The minimum Gasteiger partial charge on any atom is -0.466 e. The maximum absolute atomic E-state index is 13.0. The molecule has 1 unspecified atom stereocenters. The molecule has 0 heterocycles. The van der Waals surface area contributed by atoms with E-state index in [9.17, 15) is 14.4 Å². The van der Waals surface area contributed by atoms with Crippen molar-refractivity contribution in [1.82, 2.24) is 15.1 Å². The number of unbranched alkanes of at least 4 members (excludes halogenated alkanes) is 23. The number of carbonyl (C=O) groups is 3. The normalized spacial score (nSPS) is 12.0. The van der Waals surface area contributed by atoms with Crippen LogP contribution in [0.15, 0.2) is 0 Å². The lowest BCUT2D eigenvalue weighted by atomic mass is 9.94. The zero-order chi connectivity index (χ0) is 44.0. The molecule has 0 aromatic heterocycles. The molecule has 0 aliphatic carbocycles. The second-order valence-electron chi connectivity index (χ2n) is 17.5. The average Bonchev–Trinajstić information content (AvgIpc) is 3.25. The molecule has 0 saturated carbocycles. The molecular weight excluding hydrogens is 751 g/mol. The Morgan fingerprint density at radius 2 is 0.850 bits per heavy atom. The Bertz CT molecular complexity index is 933. The van der Waals surface area contributed by atoms with Gasteiger partial charge in [-0.1, -0.05) is 182 Å². The van der Waals surface area contributed by atoms with Crippen LogP contribution in [0, 0.1) is 5.92 Å². The van der Waals surface area contributed by atoms with Gasteiger partial charge >= 0.3 is 18.0 Å². The van der Waals surface area contributed by atoms with Gasteiger partial charge in [0.05, 0.1) is 19.1 Å². The second kappa shape index (κ2) is 46.6. The Morgan fingerprint density at radius 1 is 0.417 bits per heavy atom. The molecule has 9 nitrogen and oxygen atoms in total. The SMILES string of the molecule is CCCCCCCCCC(=O)OCCCCCCCN(CCCCCCCCOC(=O)C(CCCCCC)CCCCCCCC)CCOC(=O)NCCCN(CC)CC. The molecule has 1 amide bonds. The number of alkyl carbamates (subject to hydrolysis) is 1. The van der Waals surface area contributed by atoms with E-state index in [-0.39, 0.29) is 23.9 Å². The Kier molecular flexibility index (Phi) is 45.2. The fraction of sp³-hybridized carbons (Fsp3) is 0.941. The molecule has 0 aromatic rings. The van der Waals surface area contributed by atoms with Crippen LogP contribution in [0.5, 0.6) is 0 Å². The Hall–Kier alpha value is -1.87. The molecule has 0 spiro atoms. The summed E-state index contributed by atoms with van der Waals surface area (Å²) in [6.45, 7) is 19.0. The number of nitrogens with one attached hydrogen (secondary N) is 1. The monoisotopic (exact) mass is 852 g/mol. The van der Waals surface area contributed by atoms with E-state index in [0.717, 1.165) is 136 Å². The van der Waals surface area contributed by atoms with Crippen LogP contribution in [0.2, 0.25) is 0 Å². The van der Waals surface area contributed by atoms with Crippen molar-refractivity contribution in [1.29, 1.82) is 0 Å². The third-order valence-corrected chi connectivity index (χ3v) is 12.1. The van der Waals surface area contributed by atoms with Crippen molar-refractivity contribution in [3.05, 3.63) is 0 Å². The van der Waals surface area contributed by atoms with Crippen molar-refractivity contribution in [3.8, 4) is 0 Å². The van der Waals surface area contributed by atoms with Gasteiger partial charge in [-0.05, 0) is 84.1 Å². The van der Waals surface area contributed by atoms with Gasteiger partial charge in [0.15, 0.2) is 0 Å². The van der Waals surface area contributed by atoms with Gasteiger partial charge < -0.3 is 24.4 Å². The van der Waals surface area contributed by atoms with E-state index in [2.05, 4.69) is 49.7 Å². The lowest BCUT2D eigenvalue weighted by Gasteiger charge is -2.22. The summed E-state index contributed by atoms with van der Waals surface area (Å²) in [4.78, 5) is 42.2. The highest BCUT2D eigenvalue weighted by Crippen LogP contribution is 2.21. The lowest BCUT2D eigenvalue weighted by molar-refractivity contribution is -0.149. The predicted octanol–water partition coefficient (Wildman–Crippen LogP) is 13.6. The summed E-state index contributed by atoms with van der Waals surface area (Å²) in [6, 6.07) is 0. The third kappa shape index (κ3) is 40.2. The Balaban J connectivity index is 4.44. The van der Waals surface area contributed by atoms with Gasteiger partial charge in [0.1, 0.15) is 6.61 Å². The lowest BCUT2D eigenvalue weighted by Crippen LogP contribution is -2.33. The van der Waals surface area contributed by atoms with E-state index in [0.29, 0.717) is 32.8 Å². The summed E-state index contributed by atoms with van der Waals surface area (Å²) < 4.78 is 16.9. The first kappa shape index (κ1) is 58.1. The van der Waals surface area contributed by atoms with Crippen LogP contribution in [-0.4, -0.2) is 93.5 Å². The van der Waals surface area contributed by atoms with Gasteiger partial charge in [-0.25, -0.2) is 4.79 Å². The van der Waals surface area contributed by atoms with Crippen LogP contribution in [0.4, 0.5) is 4.79 Å². The van der Waals surface area contributed by atoms with Crippen molar-refractivity contribution in [3.63, 3.8) is 0 Å². The first-order valence-corrected chi connectivity index (χ1v) is 26.1. The van der Waals surface area contributed by atoms with E-state index in [1.54, 1.807) is 0 Å². The molecule has 60 heavy (non-hydrogen) atoms. The third-order valence-electron chi connectivity index (χ3n) is 12.1. The van der Waals surface area contributed by atoms with Crippen molar-refractivity contribution in [2.75, 3.05) is 65.6 Å². The number of amides is 1. The summed E-state index contributed by atoms with van der Waals surface area (Å²) in [6.07, 6.45) is 36.2. The fourth-order valence-electron chi connectivity index (χ4n) is 7.94. The van der Waals surface area contributed by atoms with E-state index in [1.165, 1.54) is 103 Å². The summed E-state index contributed by atoms with van der Waals surface area (Å²) in [5.74, 6) is 0.0944. The zero-order valence-corrected chi connectivity index (χ0v) is 40.6. The van der Waals surface area contributed by atoms with Crippen LogP contribution in [0.25, 0.3) is 0 Å². The zero-order valence-electron chi connectivity index (χ0n) is 40.6. The number of ether oxygens (including phenoxy) is 3. The van der Waals surface area contributed by atoms with Gasteiger partial charge in [0, 0.05) is 19.5 Å². The maximum atomic E-state index is 13.0. The first-order chi connectivity index (χ1) is 29.4. The number of carbonyl (C=O) groups excluding carboxylic acids is 3. The average molecular weight is 852 g/mol. The molecule has 0 rings (SSSR count). The van der Waals surface area contributed by atoms with Gasteiger partial charge in [-0.3, -0.25) is 14.5 Å². The number of hydrogen-bond acceptors (Lipinski definition) is 8. The van der Waals surface area contributed by atoms with Crippen LogP contribution >= 0.6 is 0 Å². The number of esters is 2. The van der Waals surface area contributed by atoms with Gasteiger partial charge in [0.25, 0.3) is 0 Å². The summed E-state index contributed by atoms with van der Waals surface area (Å²) in [5, 5.41) is 2.92. The highest BCUT2D eigenvalue weighted by molar-refractivity contribution is 5.72. The van der Waals surface area contributed by atoms with Crippen LogP contribution in [0.1, 0.15) is 240 Å². The number of nitrogens with zero attached hydrogens (tertiary/aromatic N) is 2. The fourth-order valence-corrected chi connectivity index (χ4v) is 7.94. The smallest absolute Gasteiger partial charge is 0.407 e. The Morgan fingerprint density at radius 3 is 1.38 bits per heavy atom. The van der Waals surface area contributed by atoms with E-state index in [1.807, 2.05) is 0 Å². The van der Waals surface area contributed by atoms with E-state index < -0.39 is 0 Å². The van der Waals surface area contributed by atoms with Gasteiger partial charge in [-0.2, -0.15) is 0 Å². The maximum Gasteiger partial charge on any atom is 0.407 e.